The summed E-state index contributed by atoms with van der Waals surface area (Å²) in [6, 6.07) is 5.39. The van der Waals surface area contributed by atoms with Crippen molar-refractivity contribution in [2.45, 2.75) is 18.6 Å². The predicted molar refractivity (Wildman–Crippen MR) is 68.3 cm³/mol. The van der Waals surface area contributed by atoms with Crippen molar-refractivity contribution in [3.05, 3.63) is 42.2 Å². The van der Waals surface area contributed by atoms with Crippen LogP contribution < -0.4 is 4.90 Å². The van der Waals surface area contributed by atoms with Crippen LogP contribution in [0, 0.1) is 17.7 Å². The van der Waals surface area contributed by atoms with E-state index in [1.54, 1.807) is 0 Å². The van der Waals surface area contributed by atoms with E-state index in [2.05, 4.69) is 0 Å². The Morgan fingerprint density at radius 2 is 1.90 bits per heavy atom. The third-order valence-corrected chi connectivity index (χ3v) is 4.41. The molecule has 1 aromatic rings. The number of fused-ring (bicyclic) bond motifs is 5. The second-order valence-corrected chi connectivity index (χ2v) is 5.62. The van der Waals surface area contributed by atoms with Gasteiger partial charge in [0.2, 0.25) is 11.8 Å². The summed E-state index contributed by atoms with van der Waals surface area (Å²) in [6.07, 6.45) is 3.38. The minimum absolute atomic E-state index is 0.260. The third-order valence-electron chi connectivity index (χ3n) is 4.41. The average Bonchev–Trinajstić information content (AvgIpc) is 3.01. The molecule has 0 spiro atoms. The van der Waals surface area contributed by atoms with Gasteiger partial charge in [-0.2, -0.15) is 0 Å². The molecule has 3 heterocycles. The third kappa shape index (κ3) is 1.28. The number of halogens is 1. The first kappa shape index (κ1) is 11.8. The molecule has 2 fully saturated rings. The van der Waals surface area contributed by atoms with Crippen molar-refractivity contribution in [2.24, 2.45) is 11.8 Å². The molecule has 2 amide bonds. The van der Waals surface area contributed by atoms with E-state index < -0.39 is 23.3 Å². The van der Waals surface area contributed by atoms with Crippen LogP contribution in [0.4, 0.5) is 10.1 Å². The van der Waals surface area contributed by atoms with Crippen LogP contribution >= 0.6 is 0 Å². The van der Waals surface area contributed by atoms with Crippen LogP contribution in [0.3, 0.4) is 0 Å². The minimum atomic E-state index is -0.698. The summed E-state index contributed by atoms with van der Waals surface area (Å²) in [5, 5.41) is 0. The summed E-state index contributed by atoms with van der Waals surface area (Å²) in [4.78, 5) is 26.2. The van der Waals surface area contributed by atoms with E-state index in [0.717, 1.165) is 4.90 Å². The van der Waals surface area contributed by atoms with Crippen LogP contribution in [-0.2, 0) is 14.3 Å². The normalized spacial score (nSPS) is 37.9. The molecular weight excluding hydrogens is 261 g/mol. The minimum Gasteiger partial charge on any atom is -0.362 e. The molecule has 0 saturated carbocycles. The summed E-state index contributed by atoms with van der Waals surface area (Å²) in [7, 11) is 0. The maximum Gasteiger partial charge on any atom is 0.241 e. The maximum absolute atomic E-state index is 13.0. The lowest BCUT2D eigenvalue weighted by Crippen LogP contribution is -2.38. The Balaban J connectivity index is 1.77. The van der Waals surface area contributed by atoms with Gasteiger partial charge in [-0.1, -0.05) is 12.2 Å². The molecule has 5 heteroatoms. The van der Waals surface area contributed by atoms with Gasteiger partial charge < -0.3 is 4.74 Å². The van der Waals surface area contributed by atoms with Crippen LogP contribution in [0.15, 0.2) is 36.4 Å². The van der Waals surface area contributed by atoms with Gasteiger partial charge in [-0.05, 0) is 31.2 Å². The number of nitrogens with zero attached hydrogens (tertiary/aromatic N) is 1. The van der Waals surface area contributed by atoms with Crippen LogP contribution in [0.1, 0.15) is 6.92 Å². The van der Waals surface area contributed by atoms with Gasteiger partial charge in [-0.15, -0.1) is 0 Å². The molecular formula is C15H12FNO3. The standard InChI is InChI=1S/C15H12FNO3/c1-15-7-6-10(20-15)11-12(15)14(19)17(13(11)18)9-4-2-8(16)3-5-9/h2-7,10-12H,1H3/t10-,11-,12-,15-/m1/s1. The van der Waals surface area contributed by atoms with E-state index >= 15 is 0 Å². The SMILES string of the molecule is C[C@]12C=C[C@@H](O1)[C@H]1C(=O)N(c3ccc(F)cc3)C(=O)[C@@H]12. The zero-order valence-corrected chi connectivity index (χ0v) is 10.7. The van der Waals surface area contributed by atoms with Crippen molar-refractivity contribution >= 4 is 17.5 Å². The summed E-state index contributed by atoms with van der Waals surface area (Å²) in [5.74, 6) is -1.85. The lowest BCUT2D eigenvalue weighted by molar-refractivity contribution is -0.126. The monoisotopic (exact) mass is 273 g/mol. The number of hydrogen-bond acceptors (Lipinski definition) is 3. The number of amides is 2. The average molecular weight is 273 g/mol. The number of ether oxygens (including phenoxy) is 1. The molecule has 2 bridgehead atoms. The summed E-state index contributed by atoms with van der Waals surface area (Å²) in [6.45, 7) is 1.83. The highest BCUT2D eigenvalue weighted by molar-refractivity contribution is 6.23. The Kier molecular flexibility index (Phi) is 2.09. The topological polar surface area (TPSA) is 46.6 Å². The van der Waals surface area contributed by atoms with E-state index in [1.807, 2.05) is 19.1 Å². The first-order valence-corrected chi connectivity index (χ1v) is 6.52. The van der Waals surface area contributed by atoms with Gasteiger partial charge in [-0.25, -0.2) is 9.29 Å². The molecule has 20 heavy (non-hydrogen) atoms. The Bertz CT molecular complexity index is 654. The van der Waals surface area contributed by atoms with Gasteiger partial charge in [-0.3, -0.25) is 9.59 Å². The Labute approximate surface area is 114 Å². The van der Waals surface area contributed by atoms with Gasteiger partial charge in [0.15, 0.2) is 0 Å². The van der Waals surface area contributed by atoms with Crippen molar-refractivity contribution in [1.29, 1.82) is 0 Å². The van der Waals surface area contributed by atoms with Gasteiger partial charge in [0, 0.05) is 0 Å². The van der Waals surface area contributed by atoms with Gasteiger partial charge in [0.25, 0.3) is 0 Å². The highest BCUT2D eigenvalue weighted by Crippen LogP contribution is 2.52. The fraction of sp³-hybridized carbons (Fsp3) is 0.333. The molecule has 4 rings (SSSR count). The van der Waals surface area contributed by atoms with E-state index in [4.69, 9.17) is 4.74 Å². The molecule has 0 N–H and O–H groups in total. The molecule has 0 aromatic heterocycles. The number of carbonyl (C=O) groups is 2. The molecule has 2 saturated heterocycles. The van der Waals surface area contributed by atoms with Gasteiger partial charge >= 0.3 is 0 Å². The number of rotatable bonds is 1. The Morgan fingerprint density at radius 3 is 2.55 bits per heavy atom. The summed E-state index contributed by atoms with van der Waals surface area (Å²) < 4.78 is 18.7. The maximum atomic E-state index is 13.0. The highest BCUT2D eigenvalue weighted by atomic mass is 19.1. The van der Waals surface area contributed by atoms with Gasteiger partial charge in [0.1, 0.15) is 5.82 Å². The lowest BCUT2D eigenvalue weighted by atomic mass is 9.78. The van der Waals surface area contributed by atoms with Crippen molar-refractivity contribution < 1.29 is 18.7 Å². The lowest BCUT2D eigenvalue weighted by Gasteiger charge is -2.24. The second-order valence-electron chi connectivity index (χ2n) is 5.62. The molecule has 3 aliphatic heterocycles. The van der Waals surface area contributed by atoms with Gasteiger partial charge in [0.05, 0.1) is 29.2 Å². The number of carbonyl (C=O) groups excluding carboxylic acids is 2. The quantitative estimate of drug-likeness (QED) is 0.577. The zero-order chi connectivity index (χ0) is 14.1. The largest absolute Gasteiger partial charge is 0.362 e. The number of anilines is 1. The molecule has 0 radical (unpaired) electrons. The molecule has 4 nitrogen and oxygen atoms in total. The Hall–Kier alpha value is -2.01. The second kappa shape index (κ2) is 3.55. The number of benzene rings is 1. The Morgan fingerprint density at radius 1 is 1.20 bits per heavy atom. The van der Waals surface area contributed by atoms with E-state index in [1.165, 1.54) is 24.3 Å². The summed E-state index contributed by atoms with van der Waals surface area (Å²) >= 11 is 0. The first-order valence-electron chi connectivity index (χ1n) is 6.52. The molecule has 0 aliphatic carbocycles. The van der Waals surface area contributed by atoms with Crippen molar-refractivity contribution in [2.75, 3.05) is 4.90 Å². The van der Waals surface area contributed by atoms with Crippen LogP contribution in [0.2, 0.25) is 0 Å². The van der Waals surface area contributed by atoms with E-state index in [9.17, 15) is 14.0 Å². The van der Waals surface area contributed by atoms with Crippen LogP contribution in [-0.4, -0.2) is 23.5 Å². The van der Waals surface area contributed by atoms with Crippen LogP contribution in [0.25, 0.3) is 0 Å². The summed E-state index contributed by atoms with van der Waals surface area (Å²) in [5.41, 5.74) is -0.282. The van der Waals surface area contributed by atoms with Crippen molar-refractivity contribution in [1.82, 2.24) is 0 Å². The smallest absolute Gasteiger partial charge is 0.241 e. The van der Waals surface area contributed by atoms with E-state index in [0.29, 0.717) is 5.69 Å². The molecule has 0 unspecified atom stereocenters. The zero-order valence-electron chi connectivity index (χ0n) is 10.7. The molecule has 3 aliphatic rings. The first-order chi connectivity index (χ1) is 9.51. The van der Waals surface area contributed by atoms with Crippen molar-refractivity contribution in [3.63, 3.8) is 0 Å². The molecule has 102 valence electrons. The number of hydrogen-bond donors (Lipinski definition) is 0. The van der Waals surface area contributed by atoms with Crippen LogP contribution in [0.5, 0.6) is 0 Å². The number of imide groups is 1. The predicted octanol–water partition coefficient (Wildman–Crippen LogP) is 1.66. The highest BCUT2D eigenvalue weighted by Gasteiger charge is 2.65. The van der Waals surface area contributed by atoms with E-state index in [-0.39, 0.29) is 17.9 Å². The molecule has 4 atom stereocenters. The fourth-order valence-corrected chi connectivity index (χ4v) is 3.50. The fourth-order valence-electron chi connectivity index (χ4n) is 3.50. The molecule has 1 aromatic carbocycles. The van der Waals surface area contributed by atoms with Crippen molar-refractivity contribution in [3.8, 4) is 0 Å².